The zero-order chi connectivity index (χ0) is 18.1. The number of hydrogen-bond donors (Lipinski definition) is 2. The molecule has 134 valence electrons. The minimum Gasteiger partial charge on any atom is -0.354 e. The smallest absolute Gasteiger partial charge is 0.229 e. The summed E-state index contributed by atoms with van der Waals surface area (Å²) in [6.07, 6.45) is 4.82. The number of aromatic nitrogens is 4. The number of hydrogen-bond acceptors (Lipinski definition) is 5. The molecule has 0 bridgehead atoms. The average Bonchev–Trinajstić information content (AvgIpc) is 3.13. The van der Waals surface area contributed by atoms with E-state index in [0.29, 0.717) is 27.9 Å². The van der Waals surface area contributed by atoms with Crippen LogP contribution >= 0.6 is 23.2 Å². The summed E-state index contributed by atoms with van der Waals surface area (Å²) in [5.74, 6) is 0.591. The van der Waals surface area contributed by atoms with Crippen molar-refractivity contribution in [2.75, 3.05) is 23.3 Å². The first-order valence-electron chi connectivity index (χ1n) is 8.27. The highest BCUT2D eigenvalue weighted by atomic mass is 35.5. The van der Waals surface area contributed by atoms with Crippen molar-refractivity contribution in [2.24, 2.45) is 5.92 Å². The van der Waals surface area contributed by atoms with Crippen molar-refractivity contribution in [3.8, 4) is 0 Å². The molecule has 1 atom stereocenters. The Bertz CT molecular complexity index is 959. The number of imidazole rings is 1. The van der Waals surface area contributed by atoms with Gasteiger partial charge in [0.05, 0.1) is 22.3 Å². The van der Waals surface area contributed by atoms with E-state index in [1.54, 1.807) is 24.5 Å². The Kier molecular flexibility index (Phi) is 4.65. The first-order valence-corrected chi connectivity index (χ1v) is 9.02. The quantitative estimate of drug-likeness (QED) is 0.714. The molecule has 2 N–H and O–H groups in total. The van der Waals surface area contributed by atoms with Gasteiger partial charge in [-0.25, -0.2) is 15.0 Å². The van der Waals surface area contributed by atoms with Gasteiger partial charge in [-0.3, -0.25) is 4.79 Å². The first kappa shape index (κ1) is 17.1. The van der Waals surface area contributed by atoms with Crippen LogP contribution in [0, 0.1) is 5.92 Å². The van der Waals surface area contributed by atoms with Crippen LogP contribution in [0.15, 0.2) is 30.9 Å². The lowest BCUT2D eigenvalue weighted by Crippen LogP contribution is -2.41. The fraction of sp³-hybridized carbons (Fsp3) is 0.294. The maximum Gasteiger partial charge on any atom is 0.229 e. The highest BCUT2D eigenvalue weighted by Gasteiger charge is 2.28. The predicted octanol–water partition coefficient (Wildman–Crippen LogP) is 3.51. The largest absolute Gasteiger partial charge is 0.354 e. The van der Waals surface area contributed by atoms with E-state index in [1.807, 2.05) is 0 Å². The monoisotopic (exact) mass is 390 g/mol. The van der Waals surface area contributed by atoms with Crippen LogP contribution in [-0.4, -0.2) is 38.9 Å². The number of anilines is 2. The summed E-state index contributed by atoms with van der Waals surface area (Å²) < 4.78 is 0. The van der Waals surface area contributed by atoms with E-state index in [0.717, 1.165) is 30.7 Å². The molecule has 1 aliphatic rings. The summed E-state index contributed by atoms with van der Waals surface area (Å²) in [5.41, 5.74) is 2.05. The Morgan fingerprint density at radius 2 is 2.12 bits per heavy atom. The van der Waals surface area contributed by atoms with Gasteiger partial charge in [0.25, 0.3) is 0 Å². The van der Waals surface area contributed by atoms with E-state index in [2.05, 4.69) is 30.2 Å². The van der Waals surface area contributed by atoms with E-state index < -0.39 is 0 Å². The van der Waals surface area contributed by atoms with Gasteiger partial charge in [-0.1, -0.05) is 23.2 Å². The lowest BCUT2D eigenvalue weighted by Gasteiger charge is -2.32. The molecular weight excluding hydrogens is 375 g/mol. The molecule has 0 aliphatic carbocycles. The standard InChI is InChI=1S/C17H16Cl2N6O/c18-12-4-3-11(6-13(12)19)24-17(26)10-2-1-5-25(7-10)16-14-15(21-8-20-14)22-9-23-16/h3-4,6,8-10H,1-2,5,7H2,(H,24,26)(H,20,21,22,23)/t10-/m0/s1. The summed E-state index contributed by atoms with van der Waals surface area (Å²) in [5, 5.41) is 3.80. The van der Waals surface area contributed by atoms with E-state index in [9.17, 15) is 4.79 Å². The number of H-pyrrole nitrogens is 1. The van der Waals surface area contributed by atoms with Gasteiger partial charge in [-0.05, 0) is 31.0 Å². The number of carbonyl (C=O) groups excluding carboxylic acids is 1. The molecule has 0 spiro atoms. The van der Waals surface area contributed by atoms with Crippen LogP contribution in [-0.2, 0) is 4.79 Å². The van der Waals surface area contributed by atoms with Gasteiger partial charge in [0.15, 0.2) is 11.5 Å². The fourth-order valence-corrected chi connectivity index (χ4v) is 3.49. The minimum atomic E-state index is -0.147. The fourth-order valence-electron chi connectivity index (χ4n) is 3.19. The van der Waals surface area contributed by atoms with E-state index >= 15 is 0 Å². The van der Waals surface area contributed by atoms with Gasteiger partial charge >= 0.3 is 0 Å². The Morgan fingerprint density at radius 3 is 2.96 bits per heavy atom. The highest BCUT2D eigenvalue weighted by Crippen LogP contribution is 2.28. The zero-order valence-corrected chi connectivity index (χ0v) is 15.3. The Labute approximate surface area is 159 Å². The van der Waals surface area contributed by atoms with Gasteiger partial charge in [0.2, 0.25) is 5.91 Å². The van der Waals surface area contributed by atoms with Gasteiger partial charge < -0.3 is 15.2 Å². The molecule has 1 amide bonds. The topological polar surface area (TPSA) is 86.8 Å². The Hall–Kier alpha value is -2.38. The molecule has 3 aromatic rings. The molecule has 4 rings (SSSR count). The van der Waals surface area contributed by atoms with E-state index in [-0.39, 0.29) is 11.8 Å². The number of nitrogens with zero attached hydrogens (tertiary/aromatic N) is 4. The van der Waals surface area contributed by atoms with Gasteiger partial charge in [-0.2, -0.15) is 0 Å². The third-order valence-electron chi connectivity index (χ3n) is 4.48. The number of amides is 1. The summed E-state index contributed by atoms with van der Waals surface area (Å²) in [7, 11) is 0. The Balaban J connectivity index is 1.50. The first-order chi connectivity index (χ1) is 12.6. The van der Waals surface area contributed by atoms with Crippen molar-refractivity contribution in [1.29, 1.82) is 0 Å². The van der Waals surface area contributed by atoms with Gasteiger partial charge in [0, 0.05) is 18.8 Å². The van der Waals surface area contributed by atoms with Crippen molar-refractivity contribution >= 4 is 51.8 Å². The van der Waals surface area contributed by atoms with Crippen LogP contribution in [0.1, 0.15) is 12.8 Å². The molecule has 26 heavy (non-hydrogen) atoms. The third kappa shape index (κ3) is 3.32. The predicted molar refractivity (Wildman–Crippen MR) is 102 cm³/mol. The van der Waals surface area contributed by atoms with Crippen molar-refractivity contribution in [3.63, 3.8) is 0 Å². The Morgan fingerprint density at radius 1 is 1.23 bits per heavy atom. The number of fused-ring (bicyclic) bond motifs is 1. The second-order valence-electron chi connectivity index (χ2n) is 6.20. The second kappa shape index (κ2) is 7.09. The van der Waals surface area contributed by atoms with Crippen molar-refractivity contribution in [1.82, 2.24) is 19.9 Å². The molecular formula is C17H16Cl2N6O. The average molecular weight is 391 g/mol. The highest BCUT2D eigenvalue weighted by molar-refractivity contribution is 6.42. The molecule has 0 saturated carbocycles. The maximum atomic E-state index is 12.7. The summed E-state index contributed by atoms with van der Waals surface area (Å²) in [6.45, 7) is 1.42. The van der Waals surface area contributed by atoms with Crippen molar-refractivity contribution in [3.05, 3.63) is 40.9 Å². The van der Waals surface area contributed by atoms with Crippen LogP contribution in [0.3, 0.4) is 0 Å². The van der Waals surface area contributed by atoms with Crippen LogP contribution in [0.25, 0.3) is 11.2 Å². The van der Waals surface area contributed by atoms with Crippen molar-refractivity contribution in [2.45, 2.75) is 12.8 Å². The SMILES string of the molecule is O=C(Nc1ccc(Cl)c(Cl)c1)[C@H]1CCCN(c2ncnc3nc[nH]c23)C1. The number of piperidine rings is 1. The second-order valence-corrected chi connectivity index (χ2v) is 7.02. The summed E-state index contributed by atoms with van der Waals surface area (Å²) in [4.78, 5) is 30.5. The number of halogens is 2. The number of benzene rings is 1. The van der Waals surface area contributed by atoms with Crippen LogP contribution in [0.2, 0.25) is 10.0 Å². The number of aromatic amines is 1. The lowest BCUT2D eigenvalue weighted by atomic mass is 9.97. The maximum absolute atomic E-state index is 12.7. The molecule has 0 radical (unpaired) electrons. The molecule has 1 aromatic carbocycles. The van der Waals surface area contributed by atoms with Crippen LogP contribution in [0.5, 0.6) is 0 Å². The van der Waals surface area contributed by atoms with Crippen LogP contribution in [0.4, 0.5) is 11.5 Å². The molecule has 2 aromatic heterocycles. The van der Waals surface area contributed by atoms with E-state index in [1.165, 1.54) is 6.33 Å². The molecule has 1 saturated heterocycles. The number of carbonyl (C=O) groups is 1. The normalized spacial score (nSPS) is 17.5. The van der Waals surface area contributed by atoms with Crippen LogP contribution < -0.4 is 10.2 Å². The third-order valence-corrected chi connectivity index (χ3v) is 5.22. The lowest BCUT2D eigenvalue weighted by molar-refractivity contribution is -0.120. The summed E-state index contributed by atoms with van der Waals surface area (Å²) >= 11 is 11.9. The van der Waals surface area contributed by atoms with E-state index in [4.69, 9.17) is 23.2 Å². The molecule has 3 heterocycles. The number of nitrogens with one attached hydrogen (secondary N) is 2. The molecule has 9 heteroatoms. The van der Waals surface area contributed by atoms with Crippen molar-refractivity contribution < 1.29 is 4.79 Å². The zero-order valence-electron chi connectivity index (χ0n) is 13.7. The molecule has 1 aliphatic heterocycles. The minimum absolute atomic E-state index is 0.0389. The van der Waals surface area contributed by atoms with Gasteiger partial charge in [-0.15, -0.1) is 0 Å². The molecule has 0 unspecified atom stereocenters. The molecule has 1 fully saturated rings. The summed E-state index contributed by atoms with van der Waals surface area (Å²) in [6, 6.07) is 5.06. The van der Waals surface area contributed by atoms with Gasteiger partial charge in [0.1, 0.15) is 11.8 Å². The number of rotatable bonds is 3. The molecule has 7 nitrogen and oxygen atoms in total.